The van der Waals surface area contributed by atoms with E-state index < -0.39 is 0 Å². The van der Waals surface area contributed by atoms with Gasteiger partial charge in [-0.3, -0.25) is 9.59 Å². The molecular formula is C21H21N3O2S. The van der Waals surface area contributed by atoms with E-state index in [2.05, 4.69) is 10.3 Å². The van der Waals surface area contributed by atoms with Crippen molar-refractivity contribution in [1.82, 2.24) is 9.55 Å². The van der Waals surface area contributed by atoms with Crippen molar-refractivity contribution in [2.75, 3.05) is 11.1 Å². The second-order valence-electron chi connectivity index (χ2n) is 6.04. The zero-order valence-electron chi connectivity index (χ0n) is 15.3. The average molecular weight is 379 g/mol. The highest BCUT2D eigenvalue weighted by Gasteiger charge is 2.12. The molecule has 0 saturated carbocycles. The Morgan fingerprint density at radius 3 is 2.44 bits per heavy atom. The van der Waals surface area contributed by atoms with Crippen LogP contribution in [-0.4, -0.2) is 27.0 Å². The lowest BCUT2D eigenvalue weighted by Gasteiger charge is -2.07. The average Bonchev–Trinajstić information content (AvgIpc) is 3.07. The standard InChI is InChI=1S/C21H21N3O2S/c1-3-20(26)23-17-11-9-16(10-12-17)19(25)14-27-21-22-13-18(24(21)2)15-7-5-4-6-8-15/h4-13H,3,14H2,1-2H3,(H,23,26). The minimum Gasteiger partial charge on any atom is -0.326 e. The van der Waals surface area contributed by atoms with E-state index in [4.69, 9.17) is 0 Å². The summed E-state index contributed by atoms with van der Waals surface area (Å²) in [5, 5.41) is 3.57. The van der Waals surface area contributed by atoms with Gasteiger partial charge in [-0.15, -0.1) is 0 Å². The number of nitrogens with one attached hydrogen (secondary N) is 1. The molecule has 1 N–H and O–H groups in total. The van der Waals surface area contributed by atoms with Gasteiger partial charge in [0, 0.05) is 24.7 Å². The molecule has 1 amide bonds. The summed E-state index contributed by atoms with van der Waals surface area (Å²) in [5.41, 5.74) is 3.43. The molecule has 0 spiro atoms. The Morgan fingerprint density at radius 1 is 1.07 bits per heavy atom. The van der Waals surface area contributed by atoms with Gasteiger partial charge in [0.1, 0.15) is 0 Å². The first kappa shape index (κ1) is 18.9. The van der Waals surface area contributed by atoms with E-state index >= 15 is 0 Å². The molecule has 3 aromatic rings. The third kappa shape index (κ3) is 4.65. The molecule has 0 bridgehead atoms. The van der Waals surface area contributed by atoms with Crippen LogP contribution in [-0.2, 0) is 11.8 Å². The first-order valence-corrected chi connectivity index (χ1v) is 9.70. The number of imidazole rings is 1. The summed E-state index contributed by atoms with van der Waals surface area (Å²) in [4.78, 5) is 28.3. The Balaban J connectivity index is 1.63. The molecule has 0 aliphatic heterocycles. The molecule has 0 atom stereocenters. The molecular weight excluding hydrogens is 358 g/mol. The van der Waals surface area contributed by atoms with Gasteiger partial charge in [0.05, 0.1) is 17.6 Å². The lowest BCUT2D eigenvalue weighted by Crippen LogP contribution is -2.10. The molecule has 1 heterocycles. The summed E-state index contributed by atoms with van der Waals surface area (Å²) in [6.45, 7) is 1.80. The Morgan fingerprint density at radius 2 is 1.78 bits per heavy atom. The number of amides is 1. The quantitative estimate of drug-likeness (QED) is 0.488. The number of nitrogens with zero attached hydrogens (tertiary/aromatic N) is 2. The summed E-state index contributed by atoms with van der Waals surface area (Å²) in [5.74, 6) is 0.283. The second-order valence-corrected chi connectivity index (χ2v) is 6.98. The Bertz CT molecular complexity index is 934. The molecule has 0 aliphatic carbocycles. The summed E-state index contributed by atoms with van der Waals surface area (Å²) in [7, 11) is 1.95. The van der Waals surface area contributed by atoms with Gasteiger partial charge in [0.25, 0.3) is 0 Å². The van der Waals surface area contributed by atoms with Crippen LogP contribution in [0.25, 0.3) is 11.3 Å². The fraction of sp³-hybridized carbons (Fsp3) is 0.190. The fourth-order valence-electron chi connectivity index (χ4n) is 2.61. The minimum absolute atomic E-state index is 0.0256. The van der Waals surface area contributed by atoms with Crippen molar-refractivity contribution in [2.45, 2.75) is 18.5 Å². The number of hydrogen-bond acceptors (Lipinski definition) is 4. The van der Waals surface area contributed by atoms with Crippen molar-refractivity contribution in [2.24, 2.45) is 7.05 Å². The van der Waals surface area contributed by atoms with Crippen LogP contribution in [0.2, 0.25) is 0 Å². The number of hydrogen-bond donors (Lipinski definition) is 1. The molecule has 0 saturated heterocycles. The maximum atomic E-state index is 12.5. The Hall–Kier alpha value is -2.86. The van der Waals surface area contributed by atoms with Crippen molar-refractivity contribution in [3.63, 3.8) is 0 Å². The third-order valence-electron chi connectivity index (χ3n) is 4.16. The monoisotopic (exact) mass is 379 g/mol. The molecule has 0 aliphatic rings. The fourth-order valence-corrected chi connectivity index (χ4v) is 3.45. The first-order chi connectivity index (χ1) is 13.1. The topological polar surface area (TPSA) is 64.0 Å². The predicted molar refractivity (Wildman–Crippen MR) is 109 cm³/mol. The number of rotatable bonds is 7. The number of carbonyl (C=O) groups is 2. The van der Waals surface area contributed by atoms with E-state index in [1.165, 1.54) is 11.8 Å². The summed E-state index contributed by atoms with van der Waals surface area (Å²) >= 11 is 1.42. The smallest absolute Gasteiger partial charge is 0.224 e. The van der Waals surface area contributed by atoms with Crippen molar-refractivity contribution in [3.05, 3.63) is 66.4 Å². The normalized spacial score (nSPS) is 10.6. The molecule has 27 heavy (non-hydrogen) atoms. The number of ketones is 1. The zero-order valence-corrected chi connectivity index (χ0v) is 16.1. The largest absolute Gasteiger partial charge is 0.326 e. The van der Waals surface area contributed by atoms with Crippen molar-refractivity contribution in [1.29, 1.82) is 0 Å². The van der Waals surface area contributed by atoms with Gasteiger partial charge in [0.15, 0.2) is 10.9 Å². The SMILES string of the molecule is CCC(=O)Nc1ccc(C(=O)CSc2ncc(-c3ccccc3)n2C)cc1. The molecule has 0 fully saturated rings. The third-order valence-corrected chi connectivity index (χ3v) is 5.20. The van der Waals surface area contributed by atoms with Gasteiger partial charge in [-0.1, -0.05) is 49.0 Å². The highest BCUT2D eigenvalue weighted by molar-refractivity contribution is 7.99. The van der Waals surface area contributed by atoms with Crippen LogP contribution in [0.5, 0.6) is 0 Å². The van der Waals surface area contributed by atoms with E-state index in [-0.39, 0.29) is 11.7 Å². The van der Waals surface area contributed by atoms with Crippen LogP contribution in [0.1, 0.15) is 23.7 Å². The van der Waals surface area contributed by atoms with E-state index in [0.29, 0.717) is 23.4 Å². The highest BCUT2D eigenvalue weighted by Crippen LogP contribution is 2.25. The van der Waals surface area contributed by atoms with Gasteiger partial charge < -0.3 is 9.88 Å². The van der Waals surface area contributed by atoms with E-state index in [9.17, 15) is 9.59 Å². The maximum absolute atomic E-state index is 12.5. The summed E-state index contributed by atoms with van der Waals surface area (Å²) < 4.78 is 2.00. The molecule has 6 heteroatoms. The molecule has 1 aromatic heterocycles. The van der Waals surface area contributed by atoms with Gasteiger partial charge in [-0.05, 0) is 29.8 Å². The number of anilines is 1. The molecule has 0 radical (unpaired) electrons. The van der Waals surface area contributed by atoms with Crippen LogP contribution in [0.15, 0.2) is 66.0 Å². The summed E-state index contributed by atoms with van der Waals surface area (Å²) in [6, 6.07) is 17.0. The summed E-state index contributed by atoms with van der Waals surface area (Å²) in [6.07, 6.45) is 2.25. The second kappa shape index (κ2) is 8.68. The molecule has 5 nitrogen and oxygen atoms in total. The number of carbonyl (C=O) groups excluding carboxylic acids is 2. The van der Waals surface area contributed by atoms with E-state index in [1.54, 1.807) is 31.2 Å². The first-order valence-electron chi connectivity index (χ1n) is 8.71. The Labute approximate surface area is 162 Å². The van der Waals surface area contributed by atoms with E-state index in [0.717, 1.165) is 16.4 Å². The molecule has 2 aromatic carbocycles. The van der Waals surface area contributed by atoms with Crippen molar-refractivity contribution < 1.29 is 9.59 Å². The highest BCUT2D eigenvalue weighted by atomic mass is 32.2. The number of Topliss-reactive ketones (excluding diaryl/α,β-unsaturated/α-hetero) is 1. The minimum atomic E-state index is -0.0476. The van der Waals surface area contributed by atoms with Crippen LogP contribution >= 0.6 is 11.8 Å². The van der Waals surface area contributed by atoms with Crippen LogP contribution < -0.4 is 5.32 Å². The zero-order chi connectivity index (χ0) is 19.2. The van der Waals surface area contributed by atoms with Crippen LogP contribution in [0, 0.1) is 0 Å². The number of benzene rings is 2. The molecule has 3 rings (SSSR count). The molecule has 0 unspecified atom stereocenters. The maximum Gasteiger partial charge on any atom is 0.224 e. The predicted octanol–water partition coefficient (Wildman–Crippen LogP) is 4.41. The van der Waals surface area contributed by atoms with Crippen molar-refractivity contribution >= 4 is 29.1 Å². The van der Waals surface area contributed by atoms with Crippen LogP contribution in [0.3, 0.4) is 0 Å². The number of thioether (sulfide) groups is 1. The van der Waals surface area contributed by atoms with Gasteiger partial charge in [0.2, 0.25) is 5.91 Å². The Kier molecular flexibility index (Phi) is 6.08. The molecule has 138 valence electrons. The van der Waals surface area contributed by atoms with Gasteiger partial charge in [-0.2, -0.15) is 0 Å². The van der Waals surface area contributed by atoms with E-state index in [1.807, 2.05) is 48.1 Å². The van der Waals surface area contributed by atoms with Crippen molar-refractivity contribution in [3.8, 4) is 11.3 Å². The number of aromatic nitrogens is 2. The lowest BCUT2D eigenvalue weighted by molar-refractivity contribution is -0.115. The van der Waals surface area contributed by atoms with Crippen LogP contribution in [0.4, 0.5) is 5.69 Å². The lowest BCUT2D eigenvalue weighted by atomic mass is 10.1. The van der Waals surface area contributed by atoms with Gasteiger partial charge in [-0.25, -0.2) is 4.98 Å². The van der Waals surface area contributed by atoms with Gasteiger partial charge >= 0.3 is 0 Å².